The Morgan fingerprint density at radius 3 is 2.70 bits per heavy atom. The summed E-state index contributed by atoms with van der Waals surface area (Å²) in [5.41, 5.74) is -0.972. The van der Waals surface area contributed by atoms with Crippen molar-refractivity contribution in [1.82, 2.24) is 25.6 Å². The number of hydrogen-bond donors (Lipinski definition) is 3. The number of rotatable bonds is 8. The van der Waals surface area contributed by atoms with Gasteiger partial charge in [0.15, 0.2) is 5.96 Å². The Morgan fingerprint density at radius 2 is 2.04 bits per heavy atom. The zero-order valence-corrected chi connectivity index (χ0v) is 15.9. The van der Waals surface area contributed by atoms with Gasteiger partial charge in [0.2, 0.25) is 5.95 Å². The molecule has 0 aliphatic carbocycles. The van der Waals surface area contributed by atoms with Gasteiger partial charge in [0, 0.05) is 49.9 Å². The number of nitrogens with one attached hydrogen (secondary N) is 3. The van der Waals surface area contributed by atoms with Crippen LogP contribution in [0.25, 0.3) is 0 Å². The van der Waals surface area contributed by atoms with Crippen LogP contribution in [0, 0.1) is 6.92 Å². The molecule has 0 atom stereocenters. The Kier molecular flexibility index (Phi) is 7.77. The molecule has 2 heterocycles. The van der Waals surface area contributed by atoms with E-state index in [1.807, 2.05) is 20.0 Å². The highest BCUT2D eigenvalue weighted by Crippen LogP contribution is 2.27. The molecule has 3 N–H and O–H groups in total. The predicted molar refractivity (Wildman–Crippen MR) is 100 cm³/mol. The lowest BCUT2D eigenvalue weighted by molar-refractivity contribution is -0.141. The van der Waals surface area contributed by atoms with E-state index in [4.69, 9.17) is 0 Å². The molecule has 0 saturated carbocycles. The van der Waals surface area contributed by atoms with Crippen molar-refractivity contribution in [3.05, 3.63) is 34.0 Å². The molecule has 0 unspecified atom stereocenters. The molecule has 0 bridgehead atoms. The van der Waals surface area contributed by atoms with Crippen molar-refractivity contribution in [1.29, 1.82) is 0 Å². The summed E-state index contributed by atoms with van der Waals surface area (Å²) >= 11 is 1.65. The first-order chi connectivity index (χ1) is 12.9. The number of anilines is 1. The van der Waals surface area contributed by atoms with Gasteiger partial charge in [-0.1, -0.05) is 0 Å². The fourth-order valence-electron chi connectivity index (χ4n) is 2.08. The van der Waals surface area contributed by atoms with Gasteiger partial charge in [0.05, 0.1) is 5.01 Å². The van der Waals surface area contributed by atoms with E-state index in [-0.39, 0.29) is 5.95 Å². The number of aliphatic imine (C=N–C) groups is 1. The molecule has 27 heavy (non-hydrogen) atoms. The summed E-state index contributed by atoms with van der Waals surface area (Å²) in [6.45, 7) is 6.05. The standard InChI is InChI=1S/C16H22F3N7S/c1-3-20-14(21-7-5-13-25-10-11(2)27-13)23-8-9-24-15-22-6-4-12(26-15)16(17,18)19/h4,6,10H,3,5,7-9H2,1-2H3,(H2,20,21,23)(H,22,24,26). The van der Waals surface area contributed by atoms with E-state index in [0.717, 1.165) is 23.7 Å². The lowest BCUT2D eigenvalue weighted by Crippen LogP contribution is -2.39. The Morgan fingerprint density at radius 1 is 1.22 bits per heavy atom. The Labute approximate surface area is 159 Å². The Hall–Kier alpha value is -2.43. The highest BCUT2D eigenvalue weighted by Gasteiger charge is 2.32. The van der Waals surface area contributed by atoms with Crippen LogP contribution in [0.1, 0.15) is 22.5 Å². The van der Waals surface area contributed by atoms with Crippen LogP contribution < -0.4 is 16.0 Å². The van der Waals surface area contributed by atoms with Crippen molar-refractivity contribution in [3.63, 3.8) is 0 Å². The van der Waals surface area contributed by atoms with Gasteiger partial charge < -0.3 is 16.0 Å². The second-order valence-corrected chi connectivity index (χ2v) is 6.81. The minimum absolute atomic E-state index is 0.0623. The van der Waals surface area contributed by atoms with Gasteiger partial charge >= 0.3 is 6.18 Å². The summed E-state index contributed by atoms with van der Waals surface area (Å²) in [6, 6.07) is 0.837. The second kappa shape index (κ2) is 10.0. The van der Waals surface area contributed by atoms with Crippen LogP contribution in [0.15, 0.2) is 23.5 Å². The van der Waals surface area contributed by atoms with E-state index < -0.39 is 11.9 Å². The number of guanidine groups is 1. The zero-order chi connectivity index (χ0) is 19.7. The number of alkyl halides is 3. The van der Waals surface area contributed by atoms with Gasteiger partial charge in [-0.25, -0.2) is 15.0 Å². The van der Waals surface area contributed by atoms with Crippen LogP contribution in [0.5, 0.6) is 0 Å². The van der Waals surface area contributed by atoms with E-state index in [1.165, 1.54) is 4.88 Å². The van der Waals surface area contributed by atoms with E-state index in [9.17, 15) is 13.2 Å². The molecule has 2 aromatic rings. The van der Waals surface area contributed by atoms with Crippen LogP contribution in [-0.2, 0) is 12.6 Å². The topological polar surface area (TPSA) is 87.1 Å². The van der Waals surface area contributed by atoms with Crippen molar-refractivity contribution in [2.45, 2.75) is 26.4 Å². The third-order valence-electron chi connectivity index (χ3n) is 3.26. The molecule has 0 amide bonds. The molecule has 0 aliphatic heterocycles. The molecular weight excluding hydrogens is 379 g/mol. The fourth-order valence-corrected chi connectivity index (χ4v) is 2.85. The van der Waals surface area contributed by atoms with Crippen molar-refractivity contribution in [2.75, 3.05) is 31.5 Å². The lowest BCUT2D eigenvalue weighted by atomic mass is 10.4. The van der Waals surface area contributed by atoms with E-state index in [1.54, 1.807) is 11.3 Å². The quantitative estimate of drug-likeness (QED) is 0.358. The molecule has 0 radical (unpaired) electrons. The normalized spacial score (nSPS) is 12.1. The van der Waals surface area contributed by atoms with Crippen molar-refractivity contribution in [2.24, 2.45) is 4.99 Å². The summed E-state index contributed by atoms with van der Waals surface area (Å²) in [5, 5.41) is 10.0. The van der Waals surface area contributed by atoms with E-state index >= 15 is 0 Å². The third kappa shape index (κ3) is 7.37. The Bertz CT molecular complexity index is 746. The van der Waals surface area contributed by atoms with Crippen molar-refractivity contribution < 1.29 is 13.2 Å². The molecule has 0 fully saturated rings. The van der Waals surface area contributed by atoms with Gasteiger partial charge in [-0.3, -0.25) is 4.99 Å². The third-order valence-corrected chi connectivity index (χ3v) is 4.23. The molecule has 7 nitrogen and oxygen atoms in total. The largest absolute Gasteiger partial charge is 0.433 e. The molecule has 0 aliphatic rings. The van der Waals surface area contributed by atoms with Gasteiger partial charge in [-0.15, -0.1) is 11.3 Å². The average molecular weight is 401 g/mol. The minimum atomic E-state index is -4.49. The van der Waals surface area contributed by atoms with Crippen LogP contribution in [0.4, 0.5) is 19.1 Å². The molecule has 148 valence electrons. The molecule has 2 rings (SSSR count). The van der Waals surface area contributed by atoms with Gasteiger partial charge in [-0.2, -0.15) is 13.2 Å². The van der Waals surface area contributed by atoms with Crippen LogP contribution >= 0.6 is 11.3 Å². The summed E-state index contributed by atoms with van der Waals surface area (Å²) in [4.78, 5) is 17.2. The van der Waals surface area contributed by atoms with Gasteiger partial charge in [0.25, 0.3) is 0 Å². The molecule has 11 heteroatoms. The number of thiazole rings is 1. The number of aromatic nitrogens is 3. The van der Waals surface area contributed by atoms with Gasteiger partial charge in [-0.05, 0) is 19.9 Å². The Balaban J connectivity index is 1.77. The lowest BCUT2D eigenvalue weighted by Gasteiger charge is -2.12. The first-order valence-corrected chi connectivity index (χ1v) is 9.27. The highest BCUT2D eigenvalue weighted by atomic mass is 32.1. The maximum absolute atomic E-state index is 12.6. The van der Waals surface area contributed by atoms with Gasteiger partial charge in [0.1, 0.15) is 5.69 Å². The first-order valence-electron chi connectivity index (χ1n) is 8.46. The fraction of sp³-hybridized carbons (Fsp3) is 0.500. The summed E-state index contributed by atoms with van der Waals surface area (Å²) < 4.78 is 37.9. The zero-order valence-electron chi connectivity index (χ0n) is 15.1. The number of hydrogen-bond acceptors (Lipinski definition) is 6. The smallest absolute Gasteiger partial charge is 0.357 e. The van der Waals surface area contributed by atoms with E-state index in [0.29, 0.717) is 32.1 Å². The number of halogens is 3. The molecule has 2 aromatic heterocycles. The number of aryl methyl sites for hydroxylation is 1. The maximum Gasteiger partial charge on any atom is 0.433 e. The molecule has 0 aromatic carbocycles. The average Bonchev–Trinajstić information content (AvgIpc) is 3.03. The highest BCUT2D eigenvalue weighted by molar-refractivity contribution is 7.11. The monoisotopic (exact) mass is 401 g/mol. The maximum atomic E-state index is 12.6. The second-order valence-electron chi connectivity index (χ2n) is 5.49. The van der Waals surface area contributed by atoms with Crippen LogP contribution in [0.2, 0.25) is 0 Å². The molecule has 0 saturated heterocycles. The minimum Gasteiger partial charge on any atom is -0.357 e. The summed E-state index contributed by atoms with van der Waals surface area (Å²) in [6.07, 6.45) is -0.810. The molecule has 0 spiro atoms. The van der Waals surface area contributed by atoms with E-state index in [2.05, 4.69) is 35.9 Å². The molecular formula is C16H22F3N7S. The van der Waals surface area contributed by atoms with Crippen LogP contribution in [-0.4, -0.2) is 47.1 Å². The predicted octanol–water partition coefficient (Wildman–Crippen LogP) is 2.47. The number of nitrogens with zero attached hydrogens (tertiary/aromatic N) is 4. The van der Waals surface area contributed by atoms with Crippen LogP contribution in [0.3, 0.4) is 0 Å². The summed E-state index contributed by atoms with van der Waals surface area (Å²) in [7, 11) is 0. The van der Waals surface area contributed by atoms with Crippen molar-refractivity contribution in [3.8, 4) is 0 Å². The first kappa shape index (κ1) is 20.9. The summed E-state index contributed by atoms with van der Waals surface area (Å²) in [5.74, 6) is 0.574. The SMILES string of the molecule is CCNC(=NCCc1ncc(C)s1)NCCNc1nccc(C(F)(F)F)n1. The van der Waals surface area contributed by atoms with Crippen molar-refractivity contribution >= 4 is 23.2 Å².